The van der Waals surface area contributed by atoms with Gasteiger partial charge in [-0.1, -0.05) is 0 Å². The van der Waals surface area contributed by atoms with E-state index in [2.05, 4.69) is 4.98 Å². The van der Waals surface area contributed by atoms with Gasteiger partial charge >= 0.3 is 6.09 Å². The van der Waals surface area contributed by atoms with Crippen LogP contribution < -0.4 is 11.3 Å². The Hall–Kier alpha value is -3.86. The molecule has 9 nitrogen and oxygen atoms in total. The number of fused-ring (bicyclic) bond motifs is 1. The summed E-state index contributed by atoms with van der Waals surface area (Å²) in [5.74, 6) is -3.11. The Kier molecular flexibility index (Phi) is 6.66. The van der Waals surface area contributed by atoms with Crippen molar-refractivity contribution in [1.29, 1.82) is 0 Å². The summed E-state index contributed by atoms with van der Waals surface area (Å²) in [6.45, 7) is 6.72. The van der Waals surface area contributed by atoms with Crippen molar-refractivity contribution in [3.8, 4) is 0 Å². The number of likely N-dealkylation sites (tertiary alicyclic amines) is 1. The van der Waals surface area contributed by atoms with Gasteiger partial charge in [0.05, 0.1) is 46.7 Å². The Morgan fingerprint density at radius 2 is 1.87 bits per heavy atom. The number of carbonyl (C=O) groups excluding carboxylic acids is 2. The zero-order chi connectivity index (χ0) is 28.1. The highest BCUT2D eigenvalue weighted by atomic mass is 19.1. The van der Waals surface area contributed by atoms with Crippen molar-refractivity contribution in [1.82, 2.24) is 14.5 Å². The highest BCUT2D eigenvalue weighted by Gasteiger charge is 2.44. The number of nitrogen functional groups attached to an aromatic ring is 1. The molecule has 206 valence electrons. The normalized spacial score (nSPS) is 19.0. The summed E-state index contributed by atoms with van der Waals surface area (Å²) in [5, 5.41) is 0.147. The van der Waals surface area contributed by atoms with E-state index in [1.165, 1.54) is 29.1 Å². The van der Waals surface area contributed by atoms with Crippen molar-refractivity contribution in [3.05, 3.63) is 69.8 Å². The lowest BCUT2D eigenvalue weighted by atomic mass is 9.87. The molecule has 2 aromatic carbocycles. The van der Waals surface area contributed by atoms with Gasteiger partial charge in [-0.15, -0.1) is 0 Å². The number of anilines is 1. The van der Waals surface area contributed by atoms with Crippen LogP contribution in [0, 0.1) is 11.6 Å². The number of rotatable bonds is 3. The maximum absolute atomic E-state index is 14.5. The molecule has 2 saturated heterocycles. The zero-order valence-corrected chi connectivity index (χ0v) is 22.0. The molecule has 2 aliphatic rings. The largest absolute Gasteiger partial charge is 0.444 e. The number of nitrogens with two attached hydrogens (primary N) is 1. The second kappa shape index (κ2) is 9.71. The van der Waals surface area contributed by atoms with E-state index >= 15 is 0 Å². The molecule has 1 unspecified atom stereocenters. The summed E-state index contributed by atoms with van der Waals surface area (Å²) >= 11 is 0. The van der Waals surface area contributed by atoms with Crippen LogP contribution in [0.1, 0.15) is 62.0 Å². The molecule has 2 fully saturated rings. The number of hydrogen-bond acceptors (Lipinski definition) is 7. The molecule has 1 spiro atoms. The molecule has 0 aliphatic carbocycles. The summed E-state index contributed by atoms with van der Waals surface area (Å²) in [6, 6.07) is 5.81. The Labute approximate surface area is 223 Å². The van der Waals surface area contributed by atoms with Gasteiger partial charge in [0.25, 0.3) is 5.56 Å². The van der Waals surface area contributed by atoms with Crippen molar-refractivity contribution in [2.45, 2.75) is 57.3 Å². The minimum Gasteiger partial charge on any atom is -0.444 e. The van der Waals surface area contributed by atoms with Crippen LogP contribution in [-0.4, -0.2) is 57.2 Å². The molecular formula is C28H30F2N4O5. The molecule has 2 aliphatic heterocycles. The fraction of sp³-hybridized carbons (Fsp3) is 0.429. The van der Waals surface area contributed by atoms with E-state index in [0.29, 0.717) is 37.9 Å². The van der Waals surface area contributed by atoms with E-state index in [4.69, 9.17) is 15.2 Å². The average molecular weight is 541 g/mol. The summed E-state index contributed by atoms with van der Waals surface area (Å²) < 4.78 is 41.9. The predicted octanol–water partition coefficient (Wildman–Crippen LogP) is 4.22. The van der Waals surface area contributed by atoms with Crippen molar-refractivity contribution >= 4 is 28.5 Å². The zero-order valence-electron chi connectivity index (χ0n) is 22.0. The maximum atomic E-state index is 14.5. The number of carbonyl (C=O) groups is 2. The number of piperidine rings is 1. The Morgan fingerprint density at radius 3 is 2.56 bits per heavy atom. The van der Waals surface area contributed by atoms with Crippen molar-refractivity contribution in [2.75, 3.05) is 25.4 Å². The first-order chi connectivity index (χ1) is 18.4. The van der Waals surface area contributed by atoms with Gasteiger partial charge in [-0.3, -0.25) is 14.2 Å². The van der Waals surface area contributed by atoms with Crippen LogP contribution in [0.2, 0.25) is 0 Å². The van der Waals surface area contributed by atoms with Crippen LogP contribution in [0.25, 0.3) is 10.9 Å². The van der Waals surface area contributed by atoms with Crippen LogP contribution >= 0.6 is 0 Å². The standard InChI is InChI=1S/C28H30F2N4O5/c1-27(2,3)39-26(37)33-10-8-28(9-11-33)13-17(14-38-28)34-15-32-21-7-4-16(12-18(21)25(34)36)24(35)22-19(29)5-6-20(31)23(22)30/h4-7,12,15,17H,8-11,13-14,31H2,1-3H3. The van der Waals surface area contributed by atoms with Crippen LogP contribution in [0.15, 0.2) is 41.5 Å². The first-order valence-electron chi connectivity index (χ1n) is 12.8. The lowest BCUT2D eigenvalue weighted by Gasteiger charge is -2.39. The molecule has 11 heteroatoms. The fourth-order valence-electron chi connectivity index (χ4n) is 5.23. The van der Waals surface area contributed by atoms with Crippen molar-refractivity contribution in [3.63, 3.8) is 0 Å². The molecule has 0 saturated carbocycles. The molecule has 0 radical (unpaired) electrons. The predicted molar refractivity (Wildman–Crippen MR) is 140 cm³/mol. The highest BCUT2D eigenvalue weighted by Crippen LogP contribution is 2.40. The molecule has 3 heterocycles. The number of halogens is 2. The second-order valence-electron chi connectivity index (χ2n) is 11.2. The van der Waals surface area contributed by atoms with Gasteiger partial charge in [0.2, 0.25) is 0 Å². The lowest BCUT2D eigenvalue weighted by Crippen LogP contribution is -2.48. The molecular weight excluding hydrogens is 510 g/mol. The second-order valence-corrected chi connectivity index (χ2v) is 11.2. The number of nitrogens with zero attached hydrogens (tertiary/aromatic N) is 3. The summed E-state index contributed by atoms with van der Waals surface area (Å²) in [6.07, 6.45) is 2.86. The van der Waals surface area contributed by atoms with Crippen LogP contribution in [0.3, 0.4) is 0 Å². The number of amides is 1. The fourth-order valence-corrected chi connectivity index (χ4v) is 5.23. The van der Waals surface area contributed by atoms with Crippen LogP contribution in [-0.2, 0) is 9.47 Å². The van der Waals surface area contributed by atoms with Gasteiger partial charge in [0.1, 0.15) is 11.4 Å². The van der Waals surface area contributed by atoms with Crippen molar-refractivity contribution in [2.24, 2.45) is 0 Å². The topological polar surface area (TPSA) is 117 Å². The van der Waals surface area contributed by atoms with Gasteiger partial charge in [-0.2, -0.15) is 0 Å². The molecule has 39 heavy (non-hydrogen) atoms. The summed E-state index contributed by atoms with van der Waals surface area (Å²) in [4.78, 5) is 44.9. The van der Waals surface area contributed by atoms with Gasteiger partial charge in [-0.25, -0.2) is 18.6 Å². The third-order valence-corrected chi connectivity index (χ3v) is 7.30. The van der Waals surface area contributed by atoms with Gasteiger partial charge in [-0.05, 0) is 70.4 Å². The number of ketones is 1. The van der Waals surface area contributed by atoms with Gasteiger partial charge in [0, 0.05) is 18.7 Å². The Balaban J connectivity index is 1.36. The smallest absolute Gasteiger partial charge is 0.410 e. The first kappa shape index (κ1) is 26.7. The Morgan fingerprint density at radius 1 is 1.15 bits per heavy atom. The number of benzene rings is 2. The third kappa shape index (κ3) is 5.10. The number of ether oxygens (including phenoxy) is 2. The van der Waals surface area contributed by atoms with E-state index < -0.39 is 34.2 Å². The number of hydrogen-bond donors (Lipinski definition) is 1. The van der Waals surface area contributed by atoms with E-state index in [1.807, 2.05) is 20.8 Å². The summed E-state index contributed by atoms with van der Waals surface area (Å²) in [7, 11) is 0. The monoisotopic (exact) mass is 540 g/mol. The molecule has 1 atom stereocenters. The van der Waals surface area contributed by atoms with E-state index in [-0.39, 0.29) is 40.9 Å². The lowest BCUT2D eigenvalue weighted by molar-refractivity contribution is -0.0486. The molecule has 5 rings (SSSR count). The van der Waals surface area contributed by atoms with Crippen molar-refractivity contribution < 1.29 is 27.8 Å². The number of aromatic nitrogens is 2. The van der Waals surface area contributed by atoms with E-state index in [1.54, 1.807) is 4.90 Å². The molecule has 1 amide bonds. The van der Waals surface area contributed by atoms with E-state index in [0.717, 1.165) is 12.1 Å². The first-order valence-corrected chi connectivity index (χ1v) is 12.8. The highest BCUT2D eigenvalue weighted by molar-refractivity contribution is 6.11. The molecule has 2 N–H and O–H groups in total. The SMILES string of the molecule is CC(C)(C)OC(=O)N1CCC2(CC1)CC(n1cnc3ccc(C(=O)c4c(F)ccc(N)c4F)cc3c1=O)CO2. The maximum Gasteiger partial charge on any atom is 0.410 e. The molecule has 3 aromatic rings. The quantitative estimate of drug-likeness (QED) is 0.391. The van der Waals surface area contributed by atoms with E-state index in [9.17, 15) is 23.2 Å². The third-order valence-electron chi connectivity index (χ3n) is 7.30. The minimum atomic E-state index is -1.14. The molecule has 0 bridgehead atoms. The van der Waals surface area contributed by atoms with Crippen LogP contribution in [0.5, 0.6) is 0 Å². The Bertz CT molecular complexity index is 1520. The minimum absolute atomic E-state index is 0.0591. The van der Waals surface area contributed by atoms with Gasteiger partial charge in [0.15, 0.2) is 11.6 Å². The van der Waals surface area contributed by atoms with Gasteiger partial charge < -0.3 is 20.1 Å². The molecule has 1 aromatic heterocycles. The van der Waals surface area contributed by atoms with Crippen LogP contribution in [0.4, 0.5) is 19.3 Å². The average Bonchev–Trinajstić information content (AvgIpc) is 3.29. The summed E-state index contributed by atoms with van der Waals surface area (Å²) in [5.41, 5.74) is 3.24.